The highest BCUT2D eigenvalue weighted by atomic mass is 35.5. The molecule has 0 bridgehead atoms. The fourth-order valence-electron chi connectivity index (χ4n) is 3.18. The van der Waals surface area contributed by atoms with Crippen LogP contribution in [0.2, 0.25) is 0 Å². The molecule has 0 aromatic rings. The summed E-state index contributed by atoms with van der Waals surface area (Å²) in [5.41, 5.74) is 5.59. The summed E-state index contributed by atoms with van der Waals surface area (Å²) in [6, 6.07) is 0.707. The number of halogens is 2. The third-order valence-corrected chi connectivity index (χ3v) is 4.44. The number of rotatable bonds is 3. The second-order valence-electron chi connectivity index (χ2n) is 5.79. The third-order valence-electron chi connectivity index (χ3n) is 4.44. The van der Waals surface area contributed by atoms with Gasteiger partial charge in [-0.3, -0.25) is 4.79 Å². The number of carbonyl (C=O) groups excluding carboxylic acids is 1. The summed E-state index contributed by atoms with van der Waals surface area (Å²) >= 11 is 0. The van der Waals surface area contributed by atoms with Crippen LogP contribution in [0.25, 0.3) is 0 Å². The third kappa shape index (κ3) is 5.06. The zero-order valence-corrected chi connectivity index (χ0v) is 14.1. The van der Waals surface area contributed by atoms with Crippen LogP contribution in [-0.4, -0.2) is 54.5 Å². The molecule has 2 N–H and O–H groups in total. The first-order chi connectivity index (χ1) is 8.72. The van der Waals surface area contributed by atoms with Gasteiger partial charge in [0.2, 0.25) is 5.91 Å². The Labute approximate surface area is 135 Å². The van der Waals surface area contributed by atoms with Crippen LogP contribution in [0.3, 0.4) is 0 Å². The molecule has 4 nitrogen and oxygen atoms in total. The Bertz CT molecular complexity index is 286. The van der Waals surface area contributed by atoms with E-state index in [9.17, 15) is 4.79 Å². The number of likely N-dealkylation sites (tertiary alicyclic amines) is 2. The lowest BCUT2D eigenvalue weighted by molar-refractivity contribution is -0.134. The van der Waals surface area contributed by atoms with Gasteiger partial charge < -0.3 is 15.5 Å². The van der Waals surface area contributed by atoms with Crippen molar-refractivity contribution in [3.8, 4) is 0 Å². The van der Waals surface area contributed by atoms with Gasteiger partial charge in [-0.2, -0.15) is 0 Å². The molecule has 2 aliphatic rings. The van der Waals surface area contributed by atoms with Gasteiger partial charge >= 0.3 is 0 Å². The van der Waals surface area contributed by atoms with Gasteiger partial charge in [-0.15, -0.1) is 24.8 Å². The maximum atomic E-state index is 12.1. The van der Waals surface area contributed by atoms with E-state index in [2.05, 4.69) is 4.90 Å². The molecule has 2 saturated heterocycles. The highest BCUT2D eigenvalue weighted by Gasteiger charge is 2.27. The molecule has 0 radical (unpaired) electrons. The number of carbonyl (C=O) groups is 1. The van der Waals surface area contributed by atoms with Gasteiger partial charge in [0, 0.05) is 31.6 Å². The van der Waals surface area contributed by atoms with E-state index in [4.69, 9.17) is 5.73 Å². The number of amides is 1. The standard InChI is InChI=1S/C14H27N3O.2ClH/c1-12(11-15)14(18)17-9-4-5-13(6-10-17)16-7-2-3-8-16;;/h12-13H,2-11,15H2,1H3;2*1H. The van der Waals surface area contributed by atoms with Crippen molar-refractivity contribution >= 4 is 30.7 Å². The second kappa shape index (κ2) is 9.82. The monoisotopic (exact) mass is 325 g/mol. The number of nitrogens with two attached hydrogens (primary N) is 1. The quantitative estimate of drug-likeness (QED) is 0.862. The van der Waals surface area contributed by atoms with Crippen molar-refractivity contribution in [2.24, 2.45) is 11.7 Å². The van der Waals surface area contributed by atoms with Gasteiger partial charge in [0.15, 0.2) is 0 Å². The summed E-state index contributed by atoms with van der Waals surface area (Å²) in [6.45, 7) is 6.77. The van der Waals surface area contributed by atoms with E-state index in [0.717, 1.165) is 25.9 Å². The molecule has 0 aromatic carbocycles. The predicted molar refractivity (Wildman–Crippen MR) is 87.7 cm³/mol. The lowest BCUT2D eigenvalue weighted by atomic mass is 10.1. The smallest absolute Gasteiger partial charge is 0.226 e. The summed E-state index contributed by atoms with van der Waals surface area (Å²) in [5.74, 6) is 0.230. The molecular weight excluding hydrogens is 297 g/mol. The summed E-state index contributed by atoms with van der Waals surface area (Å²) in [7, 11) is 0. The molecule has 0 spiro atoms. The molecule has 2 aliphatic heterocycles. The molecule has 2 heterocycles. The van der Waals surface area contributed by atoms with Crippen LogP contribution >= 0.6 is 24.8 Å². The molecule has 2 unspecified atom stereocenters. The minimum atomic E-state index is -0.0201. The summed E-state index contributed by atoms with van der Waals surface area (Å²) in [5, 5.41) is 0. The molecule has 0 aromatic heterocycles. The van der Waals surface area contributed by atoms with Crippen LogP contribution in [0.4, 0.5) is 0 Å². The first kappa shape index (κ1) is 20.0. The molecular formula is C14H29Cl2N3O. The SMILES string of the molecule is CC(CN)C(=O)N1CCCC(N2CCCC2)CC1.Cl.Cl. The Balaban J connectivity index is 0.00000180. The largest absolute Gasteiger partial charge is 0.342 e. The van der Waals surface area contributed by atoms with Crippen molar-refractivity contribution < 1.29 is 4.79 Å². The van der Waals surface area contributed by atoms with E-state index in [1.165, 1.54) is 32.4 Å². The highest BCUT2D eigenvalue weighted by molar-refractivity contribution is 5.85. The normalized spacial score (nSPS) is 25.3. The van der Waals surface area contributed by atoms with Crippen LogP contribution in [0.5, 0.6) is 0 Å². The maximum absolute atomic E-state index is 12.1. The Morgan fingerprint density at radius 3 is 2.35 bits per heavy atom. The van der Waals surface area contributed by atoms with Crippen molar-refractivity contribution in [1.82, 2.24) is 9.80 Å². The Morgan fingerprint density at radius 1 is 1.10 bits per heavy atom. The van der Waals surface area contributed by atoms with Gasteiger partial charge in [-0.05, 0) is 45.2 Å². The van der Waals surface area contributed by atoms with Gasteiger partial charge in [-0.1, -0.05) is 6.92 Å². The van der Waals surface area contributed by atoms with Gasteiger partial charge in [0.1, 0.15) is 0 Å². The average Bonchev–Trinajstić information content (AvgIpc) is 2.82. The first-order valence-electron chi connectivity index (χ1n) is 7.45. The molecule has 1 amide bonds. The van der Waals surface area contributed by atoms with E-state index in [-0.39, 0.29) is 36.6 Å². The van der Waals surface area contributed by atoms with Crippen molar-refractivity contribution in [1.29, 1.82) is 0 Å². The maximum Gasteiger partial charge on any atom is 0.226 e. The second-order valence-corrected chi connectivity index (χ2v) is 5.79. The van der Waals surface area contributed by atoms with Crippen LogP contribution in [0, 0.1) is 5.92 Å². The zero-order chi connectivity index (χ0) is 13.0. The Hall–Kier alpha value is -0.0300. The van der Waals surface area contributed by atoms with Crippen molar-refractivity contribution in [3.05, 3.63) is 0 Å². The van der Waals surface area contributed by atoms with Crippen LogP contribution in [0.15, 0.2) is 0 Å². The molecule has 2 atom stereocenters. The summed E-state index contributed by atoms with van der Waals surface area (Å²) in [4.78, 5) is 16.8. The topological polar surface area (TPSA) is 49.6 Å². The number of hydrogen-bond acceptors (Lipinski definition) is 3. The Kier molecular flexibility index (Phi) is 9.81. The van der Waals surface area contributed by atoms with E-state index < -0.39 is 0 Å². The summed E-state index contributed by atoms with van der Waals surface area (Å²) in [6.07, 6.45) is 6.24. The molecule has 20 heavy (non-hydrogen) atoms. The lowest BCUT2D eigenvalue weighted by Crippen LogP contribution is -2.39. The molecule has 0 saturated carbocycles. The van der Waals surface area contributed by atoms with Gasteiger partial charge in [-0.25, -0.2) is 0 Å². The fourth-order valence-corrected chi connectivity index (χ4v) is 3.18. The van der Waals surface area contributed by atoms with E-state index in [1.54, 1.807) is 0 Å². The van der Waals surface area contributed by atoms with Crippen molar-refractivity contribution in [3.63, 3.8) is 0 Å². The number of hydrogen-bond donors (Lipinski definition) is 1. The van der Waals surface area contributed by atoms with Crippen molar-refractivity contribution in [2.75, 3.05) is 32.7 Å². The molecule has 2 fully saturated rings. The van der Waals surface area contributed by atoms with Gasteiger partial charge in [0.25, 0.3) is 0 Å². The minimum Gasteiger partial charge on any atom is -0.342 e. The Morgan fingerprint density at radius 2 is 1.75 bits per heavy atom. The molecule has 2 rings (SSSR count). The molecule has 0 aliphatic carbocycles. The van der Waals surface area contributed by atoms with E-state index >= 15 is 0 Å². The fraction of sp³-hybridized carbons (Fsp3) is 0.929. The average molecular weight is 326 g/mol. The zero-order valence-electron chi connectivity index (χ0n) is 12.4. The number of nitrogens with zero attached hydrogens (tertiary/aromatic N) is 2. The van der Waals surface area contributed by atoms with E-state index in [1.807, 2.05) is 11.8 Å². The summed E-state index contributed by atoms with van der Waals surface area (Å²) < 4.78 is 0. The van der Waals surface area contributed by atoms with Gasteiger partial charge in [0.05, 0.1) is 0 Å². The van der Waals surface area contributed by atoms with Crippen LogP contribution in [-0.2, 0) is 4.79 Å². The van der Waals surface area contributed by atoms with E-state index in [0.29, 0.717) is 12.6 Å². The lowest BCUT2D eigenvalue weighted by Gasteiger charge is -2.27. The van der Waals surface area contributed by atoms with Crippen LogP contribution in [0.1, 0.15) is 39.0 Å². The highest BCUT2D eigenvalue weighted by Crippen LogP contribution is 2.21. The minimum absolute atomic E-state index is 0. The molecule has 6 heteroatoms. The molecule has 120 valence electrons. The van der Waals surface area contributed by atoms with Crippen molar-refractivity contribution in [2.45, 2.75) is 45.1 Å². The van der Waals surface area contributed by atoms with Crippen LogP contribution < -0.4 is 5.73 Å². The first-order valence-corrected chi connectivity index (χ1v) is 7.45. The predicted octanol–water partition coefficient (Wildman–Crippen LogP) is 1.90.